The molecular formula is C26H20BrNO6. The van der Waals surface area contributed by atoms with Gasteiger partial charge in [0.25, 0.3) is 0 Å². The molecule has 0 aliphatic carbocycles. The summed E-state index contributed by atoms with van der Waals surface area (Å²) in [6, 6.07) is 18.1. The van der Waals surface area contributed by atoms with Crippen molar-refractivity contribution < 1.29 is 29.3 Å². The Morgan fingerprint density at radius 1 is 0.941 bits per heavy atom. The maximum absolute atomic E-state index is 11.1. The molecular weight excluding hydrogens is 502 g/mol. The number of ether oxygens (including phenoxy) is 2. The highest BCUT2D eigenvalue weighted by Crippen LogP contribution is 2.38. The van der Waals surface area contributed by atoms with Crippen LogP contribution in [0.25, 0.3) is 11.6 Å². The predicted molar refractivity (Wildman–Crippen MR) is 130 cm³/mol. The molecule has 0 saturated carbocycles. The van der Waals surface area contributed by atoms with Gasteiger partial charge in [-0.25, -0.2) is 9.59 Å². The lowest BCUT2D eigenvalue weighted by molar-refractivity contribution is 0.0686. The summed E-state index contributed by atoms with van der Waals surface area (Å²) in [6.07, 6.45) is 1.68. The maximum atomic E-state index is 11.1. The fourth-order valence-corrected chi connectivity index (χ4v) is 3.69. The molecule has 34 heavy (non-hydrogen) atoms. The third-order valence-corrected chi connectivity index (χ3v) is 5.38. The summed E-state index contributed by atoms with van der Waals surface area (Å²) in [4.78, 5) is 22.1. The zero-order chi connectivity index (χ0) is 24.7. The Hall–Kier alpha value is -4.09. The van der Waals surface area contributed by atoms with Crippen molar-refractivity contribution in [2.75, 3.05) is 6.61 Å². The molecule has 0 amide bonds. The molecule has 3 aromatic rings. The lowest BCUT2D eigenvalue weighted by Crippen LogP contribution is -2.02. The number of carboxylic acid groups (broad SMARTS) is 2. The van der Waals surface area contributed by atoms with Crippen LogP contribution in [-0.2, 0) is 6.61 Å². The van der Waals surface area contributed by atoms with Crippen molar-refractivity contribution in [2.45, 2.75) is 13.5 Å². The van der Waals surface area contributed by atoms with Gasteiger partial charge in [-0.15, -0.1) is 0 Å². The molecule has 8 heteroatoms. The van der Waals surface area contributed by atoms with Crippen molar-refractivity contribution in [3.63, 3.8) is 0 Å². The highest BCUT2D eigenvalue weighted by atomic mass is 79.9. The number of hydrogen-bond donors (Lipinski definition) is 2. The number of carboxylic acids is 2. The van der Waals surface area contributed by atoms with Crippen molar-refractivity contribution >= 4 is 39.5 Å². The van der Waals surface area contributed by atoms with Crippen LogP contribution in [0.1, 0.15) is 44.3 Å². The summed E-state index contributed by atoms with van der Waals surface area (Å²) >= 11 is 3.51. The lowest BCUT2D eigenvalue weighted by atomic mass is 10.0. The van der Waals surface area contributed by atoms with Crippen LogP contribution in [0, 0.1) is 11.3 Å². The molecule has 0 aliphatic heterocycles. The van der Waals surface area contributed by atoms with Gasteiger partial charge in [0.05, 0.1) is 33.8 Å². The van der Waals surface area contributed by atoms with Gasteiger partial charge in [-0.3, -0.25) is 0 Å². The van der Waals surface area contributed by atoms with Gasteiger partial charge in [0.1, 0.15) is 6.61 Å². The van der Waals surface area contributed by atoms with Gasteiger partial charge in [0, 0.05) is 0 Å². The molecule has 0 radical (unpaired) electrons. The molecule has 172 valence electrons. The second kappa shape index (κ2) is 11.2. The van der Waals surface area contributed by atoms with Crippen LogP contribution in [-0.4, -0.2) is 28.8 Å². The van der Waals surface area contributed by atoms with Gasteiger partial charge in [-0.1, -0.05) is 24.3 Å². The van der Waals surface area contributed by atoms with E-state index in [1.54, 1.807) is 42.5 Å². The highest BCUT2D eigenvalue weighted by Gasteiger charge is 2.14. The Morgan fingerprint density at radius 3 is 2.03 bits per heavy atom. The minimum Gasteiger partial charge on any atom is -0.490 e. The number of halogens is 1. The highest BCUT2D eigenvalue weighted by molar-refractivity contribution is 9.10. The van der Waals surface area contributed by atoms with Crippen LogP contribution >= 0.6 is 15.9 Å². The zero-order valence-corrected chi connectivity index (χ0v) is 19.7. The van der Waals surface area contributed by atoms with Crippen LogP contribution in [0.2, 0.25) is 0 Å². The van der Waals surface area contributed by atoms with Crippen LogP contribution in [0.3, 0.4) is 0 Å². The van der Waals surface area contributed by atoms with E-state index in [2.05, 4.69) is 22.0 Å². The average Bonchev–Trinajstić information content (AvgIpc) is 2.82. The number of rotatable bonds is 9. The van der Waals surface area contributed by atoms with Crippen molar-refractivity contribution in [1.29, 1.82) is 5.26 Å². The average molecular weight is 522 g/mol. The summed E-state index contributed by atoms with van der Waals surface area (Å²) in [5.74, 6) is -1.07. The third kappa shape index (κ3) is 6.03. The molecule has 7 nitrogen and oxygen atoms in total. The molecule has 3 rings (SSSR count). The summed E-state index contributed by atoms with van der Waals surface area (Å²) in [7, 11) is 0. The molecule has 2 N–H and O–H groups in total. The minimum atomic E-state index is -1.03. The van der Waals surface area contributed by atoms with E-state index < -0.39 is 11.9 Å². The normalized spacial score (nSPS) is 10.9. The molecule has 3 aromatic carbocycles. The molecule has 0 aliphatic rings. The summed E-state index contributed by atoms with van der Waals surface area (Å²) < 4.78 is 12.3. The van der Waals surface area contributed by atoms with E-state index >= 15 is 0 Å². The molecule has 0 aromatic heterocycles. The van der Waals surface area contributed by atoms with E-state index in [0.717, 1.165) is 5.56 Å². The molecule has 0 unspecified atom stereocenters. The van der Waals surface area contributed by atoms with E-state index in [-0.39, 0.29) is 17.7 Å². The zero-order valence-electron chi connectivity index (χ0n) is 18.1. The number of nitrogens with zero attached hydrogens (tertiary/aromatic N) is 1. The second-order valence-electron chi connectivity index (χ2n) is 7.11. The standard InChI is InChI=1S/C26H20BrNO6/c1-2-33-23-13-17(11-21(14-28)18-7-9-20(10-8-18)26(31)32)12-22(27)24(23)34-15-16-3-5-19(6-4-16)25(29)30/h3-13H,2,15H2,1H3,(H,29,30)(H,31,32)/b21-11-. The number of nitriles is 1. The number of aromatic carboxylic acids is 2. The Balaban J connectivity index is 1.87. The predicted octanol–water partition coefficient (Wildman–Crippen LogP) is 5.89. The quantitative estimate of drug-likeness (QED) is 0.266. The fourth-order valence-electron chi connectivity index (χ4n) is 3.11. The Morgan fingerprint density at radius 2 is 1.50 bits per heavy atom. The van der Waals surface area contributed by atoms with E-state index in [9.17, 15) is 14.9 Å². The van der Waals surface area contributed by atoms with E-state index in [4.69, 9.17) is 19.7 Å². The van der Waals surface area contributed by atoms with Gasteiger partial charge >= 0.3 is 11.9 Å². The largest absolute Gasteiger partial charge is 0.490 e. The molecule has 0 heterocycles. The van der Waals surface area contributed by atoms with Crippen LogP contribution in [0.15, 0.2) is 65.1 Å². The van der Waals surface area contributed by atoms with E-state index in [0.29, 0.717) is 39.3 Å². The van der Waals surface area contributed by atoms with Crippen molar-refractivity contribution in [3.8, 4) is 17.6 Å². The van der Waals surface area contributed by atoms with Gasteiger partial charge in [-0.05, 0) is 82.0 Å². The Kier molecular flexibility index (Phi) is 8.06. The van der Waals surface area contributed by atoms with E-state index in [1.807, 2.05) is 6.92 Å². The first kappa shape index (κ1) is 24.6. The molecule has 0 spiro atoms. The maximum Gasteiger partial charge on any atom is 0.335 e. The topological polar surface area (TPSA) is 117 Å². The SMILES string of the molecule is CCOc1cc(/C=C(/C#N)c2ccc(C(=O)O)cc2)cc(Br)c1OCc1ccc(C(=O)O)cc1. The van der Waals surface area contributed by atoms with Crippen molar-refractivity contribution in [1.82, 2.24) is 0 Å². The minimum absolute atomic E-state index is 0.140. The van der Waals surface area contributed by atoms with Crippen LogP contribution in [0.4, 0.5) is 0 Å². The Labute approximate surface area is 204 Å². The summed E-state index contributed by atoms with van der Waals surface area (Å²) in [6.45, 7) is 2.44. The first-order valence-electron chi connectivity index (χ1n) is 10.2. The first-order chi connectivity index (χ1) is 16.3. The summed E-state index contributed by atoms with van der Waals surface area (Å²) in [5, 5.41) is 27.7. The number of hydrogen-bond acceptors (Lipinski definition) is 5. The molecule has 0 saturated heterocycles. The smallest absolute Gasteiger partial charge is 0.335 e. The summed E-state index contributed by atoms with van der Waals surface area (Å²) in [5.41, 5.74) is 2.76. The molecule has 0 atom stereocenters. The van der Waals surface area contributed by atoms with Gasteiger partial charge in [0.15, 0.2) is 11.5 Å². The molecule has 0 fully saturated rings. The van der Waals surface area contributed by atoms with Gasteiger partial charge in [0.2, 0.25) is 0 Å². The third-order valence-electron chi connectivity index (χ3n) is 4.79. The van der Waals surface area contributed by atoms with E-state index in [1.165, 1.54) is 24.3 Å². The Bertz CT molecular complexity index is 1270. The lowest BCUT2D eigenvalue weighted by Gasteiger charge is -2.15. The number of benzene rings is 3. The van der Waals surface area contributed by atoms with Gasteiger partial charge < -0.3 is 19.7 Å². The van der Waals surface area contributed by atoms with Crippen molar-refractivity contribution in [3.05, 3.63) is 93.0 Å². The van der Waals surface area contributed by atoms with Crippen molar-refractivity contribution in [2.24, 2.45) is 0 Å². The van der Waals surface area contributed by atoms with Crippen LogP contribution in [0.5, 0.6) is 11.5 Å². The van der Waals surface area contributed by atoms with Gasteiger partial charge in [-0.2, -0.15) is 5.26 Å². The number of allylic oxidation sites excluding steroid dienone is 1. The second-order valence-corrected chi connectivity index (χ2v) is 7.96. The number of carbonyl (C=O) groups is 2. The fraction of sp³-hybridized carbons (Fsp3) is 0.115. The first-order valence-corrected chi connectivity index (χ1v) is 11.0. The molecule has 0 bridgehead atoms. The monoisotopic (exact) mass is 521 g/mol. The van der Waals surface area contributed by atoms with Crippen LogP contribution < -0.4 is 9.47 Å².